The van der Waals surface area contributed by atoms with Crippen molar-refractivity contribution in [1.29, 1.82) is 0 Å². The largest absolute Gasteiger partial charge is 0.378 e. The number of anilines is 4. The standard InChI is InChI=1S/C20H22FN7O.ClH/c1-13(14-3-5-15(21)6-4-14)24-20-26-17(25-18-10-22-7-8-23-18)9-19(27-20)28-11-16(12-28)29-2;/h3-10,13,16H,11-12H2,1-2H3,(H2,23,24,25,26,27);1H/t13-;/m0./s1. The second kappa shape index (κ2) is 9.64. The first-order chi connectivity index (χ1) is 14.1. The molecule has 3 aromatic rings. The lowest BCUT2D eigenvalue weighted by Gasteiger charge is -2.39. The van der Waals surface area contributed by atoms with E-state index in [2.05, 4.69) is 35.5 Å². The lowest BCUT2D eigenvalue weighted by molar-refractivity contribution is 0.0783. The molecule has 1 aromatic carbocycles. The Morgan fingerprint density at radius 1 is 1.13 bits per heavy atom. The highest BCUT2D eigenvalue weighted by Gasteiger charge is 2.28. The quantitative estimate of drug-likeness (QED) is 0.587. The Labute approximate surface area is 180 Å². The van der Waals surface area contributed by atoms with E-state index in [1.54, 1.807) is 37.8 Å². The van der Waals surface area contributed by atoms with E-state index in [4.69, 9.17) is 4.74 Å². The molecule has 0 aliphatic carbocycles. The van der Waals surface area contributed by atoms with Crippen LogP contribution >= 0.6 is 12.4 Å². The van der Waals surface area contributed by atoms with Crippen LogP contribution in [0.2, 0.25) is 0 Å². The van der Waals surface area contributed by atoms with Crippen molar-refractivity contribution in [2.75, 3.05) is 35.7 Å². The van der Waals surface area contributed by atoms with E-state index < -0.39 is 0 Å². The van der Waals surface area contributed by atoms with Gasteiger partial charge in [-0.2, -0.15) is 9.97 Å². The van der Waals surface area contributed by atoms with Crippen LogP contribution < -0.4 is 15.5 Å². The highest BCUT2D eigenvalue weighted by molar-refractivity contribution is 5.85. The van der Waals surface area contributed by atoms with Gasteiger partial charge in [0.15, 0.2) is 0 Å². The van der Waals surface area contributed by atoms with E-state index in [0.29, 0.717) is 17.6 Å². The molecule has 0 bridgehead atoms. The molecule has 30 heavy (non-hydrogen) atoms. The molecule has 3 heterocycles. The molecule has 1 saturated heterocycles. The Kier molecular flexibility index (Phi) is 6.96. The fourth-order valence-electron chi connectivity index (χ4n) is 3.02. The van der Waals surface area contributed by atoms with Crippen LogP contribution in [0.3, 0.4) is 0 Å². The van der Waals surface area contributed by atoms with E-state index in [1.165, 1.54) is 12.1 Å². The van der Waals surface area contributed by atoms with Gasteiger partial charge in [0.25, 0.3) is 0 Å². The summed E-state index contributed by atoms with van der Waals surface area (Å²) in [4.78, 5) is 19.6. The van der Waals surface area contributed by atoms with Gasteiger partial charge in [0, 0.05) is 38.7 Å². The molecule has 10 heteroatoms. The molecular weight excluding hydrogens is 409 g/mol. The van der Waals surface area contributed by atoms with Gasteiger partial charge in [-0.15, -0.1) is 12.4 Å². The van der Waals surface area contributed by atoms with Crippen LogP contribution in [0.1, 0.15) is 18.5 Å². The average Bonchev–Trinajstić information content (AvgIpc) is 2.68. The average molecular weight is 432 g/mol. The number of aromatic nitrogens is 4. The Morgan fingerprint density at radius 3 is 2.57 bits per heavy atom. The summed E-state index contributed by atoms with van der Waals surface area (Å²) in [7, 11) is 1.71. The molecule has 0 saturated carbocycles. The summed E-state index contributed by atoms with van der Waals surface area (Å²) in [5.74, 6) is 2.18. The molecular formula is C20H23ClFN7O. The third-order valence-electron chi connectivity index (χ3n) is 4.75. The first kappa shape index (κ1) is 21.7. The number of rotatable bonds is 7. The van der Waals surface area contributed by atoms with Gasteiger partial charge in [-0.25, -0.2) is 9.37 Å². The number of ether oxygens (including phenoxy) is 1. The Balaban J connectivity index is 0.00000256. The van der Waals surface area contributed by atoms with E-state index in [-0.39, 0.29) is 30.4 Å². The summed E-state index contributed by atoms with van der Waals surface area (Å²) >= 11 is 0. The summed E-state index contributed by atoms with van der Waals surface area (Å²) in [5, 5.41) is 6.46. The van der Waals surface area contributed by atoms with Gasteiger partial charge in [0.2, 0.25) is 5.95 Å². The number of hydrogen-bond acceptors (Lipinski definition) is 8. The van der Waals surface area contributed by atoms with Crippen LogP contribution in [0.5, 0.6) is 0 Å². The SMILES string of the molecule is COC1CN(c2cc(Nc3cnccn3)nc(N[C@@H](C)c3ccc(F)cc3)n2)C1.Cl. The zero-order valence-electron chi connectivity index (χ0n) is 16.6. The third kappa shape index (κ3) is 5.11. The molecule has 1 fully saturated rings. The lowest BCUT2D eigenvalue weighted by Crippen LogP contribution is -2.52. The number of methoxy groups -OCH3 is 1. The van der Waals surface area contributed by atoms with Gasteiger partial charge < -0.3 is 20.3 Å². The van der Waals surface area contributed by atoms with Crippen molar-refractivity contribution in [3.8, 4) is 0 Å². The summed E-state index contributed by atoms with van der Waals surface area (Å²) in [6.07, 6.45) is 5.05. The van der Waals surface area contributed by atoms with E-state index in [0.717, 1.165) is 24.5 Å². The minimum atomic E-state index is -0.264. The van der Waals surface area contributed by atoms with Crippen molar-refractivity contribution in [1.82, 2.24) is 19.9 Å². The first-order valence-corrected chi connectivity index (χ1v) is 9.32. The van der Waals surface area contributed by atoms with Crippen molar-refractivity contribution < 1.29 is 9.13 Å². The van der Waals surface area contributed by atoms with Gasteiger partial charge >= 0.3 is 0 Å². The number of benzene rings is 1. The van der Waals surface area contributed by atoms with Crippen molar-refractivity contribution in [2.45, 2.75) is 19.1 Å². The molecule has 8 nitrogen and oxygen atoms in total. The topological polar surface area (TPSA) is 88.1 Å². The van der Waals surface area contributed by atoms with Crippen molar-refractivity contribution in [3.05, 3.63) is 60.3 Å². The van der Waals surface area contributed by atoms with Crippen LogP contribution in [0.25, 0.3) is 0 Å². The number of nitrogens with one attached hydrogen (secondary N) is 2. The van der Waals surface area contributed by atoms with Gasteiger partial charge in [0.1, 0.15) is 23.3 Å². The molecule has 0 spiro atoms. The van der Waals surface area contributed by atoms with Crippen molar-refractivity contribution >= 4 is 35.8 Å². The number of hydrogen-bond donors (Lipinski definition) is 2. The maximum absolute atomic E-state index is 13.2. The second-order valence-corrected chi connectivity index (χ2v) is 6.83. The highest BCUT2D eigenvalue weighted by Crippen LogP contribution is 2.26. The first-order valence-electron chi connectivity index (χ1n) is 9.32. The maximum Gasteiger partial charge on any atom is 0.227 e. The molecule has 1 atom stereocenters. The van der Waals surface area contributed by atoms with Gasteiger partial charge in [-0.1, -0.05) is 12.1 Å². The molecule has 0 radical (unpaired) electrons. The van der Waals surface area contributed by atoms with E-state index in [1.807, 2.05) is 13.0 Å². The Bertz CT molecular complexity index is 955. The number of nitrogens with zero attached hydrogens (tertiary/aromatic N) is 5. The summed E-state index contributed by atoms with van der Waals surface area (Å²) in [5.41, 5.74) is 0.937. The molecule has 2 aromatic heterocycles. The molecule has 158 valence electrons. The highest BCUT2D eigenvalue weighted by atomic mass is 35.5. The fraction of sp³-hybridized carbons (Fsp3) is 0.300. The maximum atomic E-state index is 13.2. The molecule has 0 unspecified atom stereocenters. The monoisotopic (exact) mass is 431 g/mol. The second-order valence-electron chi connectivity index (χ2n) is 6.83. The normalized spacial score (nSPS) is 14.4. The van der Waals surface area contributed by atoms with Gasteiger partial charge in [-0.3, -0.25) is 4.98 Å². The predicted molar refractivity (Wildman–Crippen MR) is 116 cm³/mol. The van der Waals surface area contributed by atoms with Crippen molar-refractivity contribution in [3.63, 3.8) is 0 Å². The zero-order valence-corrected chi connectivity index (χ0v) is 17.4. The van der Waals surface area contributed by atoms with Crippen LogP contribution in [0.15, 0.2) is 48.9 Å². The van der Waals surface area contributed by atoms with Crippen LogP contribution in [0, 0.1) is 5.82 Å². The minimum absolute atomic E-state index is 0. The minimum Gasteiger partial charge on any atom is -0.378 e. The van der Waals surface area contributed by atoms with Crippen LogP contribution in [0.4, 0.5) is 27.8 Å². The Morgan fingerprint density at radius 2 is 1.90 bits per heavy atom. The fourth-order valence-corrected chi connectivity index (χ4v) is 3.02. The molecule has 1 aliphatic rings. The molecule has 2 N–H and O–H groups in total. The summed E-state index contributed by atoms with van der Waals surface area (Å²) in [6, 6.07) is 8.14. The van der Waals surface area contributed by atoms with Gasteiger partial charge in [-0.05, 0) is 24.6 Å². The summed E-state index contributed by atoms with van der Waals surface area (Å²) < 4.78 is 18.6. The third-order valence-corrected chi connectivity index (χ3v) is 4.75. The van der Waals surface area contributed by atoms with Crippen molar-refractivity contribution in [2.24, 2.45) is 0 Å². The Hall–Kier alpha value is -3.04. The van der Waals surface area contributed by atoms with E-state index in [9.17, 15) is 4.39 Å². The van der Waals surface area contributed by atoms with Crippen LogP contribution in [-0.2, 0) is 4.74 Å². The number of halogens is 2. The predicted octanol–water partition coefficient (Wildman–Crippen LogP) is 3.58. The smallest absolute Gasteiger partial charge is 0.227 e. The summed E-state index contributed by atoms with van der Waals surface area (Å²) in [6.45, 7) is 3.51. The lowest BCUT2D eigenvalue weighted by atomic mass is 10.1. The van der Waals surface area contributed by atoms with Gasteiger partial charge in [0.05, 0.1) is 18.3 Å². The van der Waals surface area contributed by atoms with Crippen LogP contribution in [-0.4, -0.2) is 46.2 Å². The molecule has 1 aliphatic heterocycles. The zero-order chi connectivity index (χ0) is 20.2. The molecule has 0 amide bonds. The van der Waals surface area contributed by atoms with E-state index >= 15 is 0 Å². The molecule has 4 rings (SSSR count).